The van der Waals surface area contributed by atoms with Crippen molar-refractivity contribution in [2.45, 2.75) is 19.9 Å². The first-order chi connectivity index (χ1) is 9.63. The molecule has 20 heavy (non-hydrogen) atoms. The fourth-order valence-corrected chi connectivity index (χ4v) is 2.19. The van der Waals surface area contributed by atoms with Gasteiger partial charge in [-0.15, -0.1) is 0 Å². The number of halogens is 1. The SMILES string of the molecule is Cc1ccc(NC(=O)c2cn3c(n2)NCCC3)c(F)c1. The monoisotopic (exact) mass is 274 g/mol. The Morgan fingerprint density at radius 1 is 1.50 bits per heavy atom. The number of nitrogens with zero attached hydrogens (tertiary/aromatic N) is 2. The highest BCUT2D eigenvalue weighted by Gasteiger charge is 2.17. The van der Waals surface area contributed by atoms with Crippen LogP contribution in [0.15, 0.2) is 24.4 Å². The molecule has 0 radical (unpaired) electrons. The summed E-state index contributed by atoms with van der Waals surface area (Å²) in [6, 6.07) is 4.69. The molecule has 0 saturated carbocycles. The van der Waals surface area contributed by atoms with Crippen LogP contribution >= 0.6 is 0 Å². The quantitative estimate of drug-likeness (QED) is 0.884. The van der Waals surface area contributed by atoms with Gasteiger partial charge in [0.05, 0.1) is 5.69 Å². The van der Waals surface area contributed by atoms with Gasteiger partial charge in [-0.05, 0) is 31.0 Å². The molecule has 2 aromatic rings. The van der Waals surface area contributed by atoms with E-state index in [1.165, 1.54) is 6.07 Å². The van der Waals surface area contributed by atoms with E-state index in [0.29, 0.717) is 5.95 Å². The van der Waals surface area contributed by atoms with Crippen LogP contribution in [0.1, 0.15) is 22.5 Å². The van der Waals surface area contributed by atoms with Gasteiger partial charge in [0.2, 0.25) is 5.95 Å². The largest absolute Gasteiger partial charge is 0.356 e. The zero-order valence-corrected chi connectivity index (χ0v) is 11.1. The summed E-state index contributed by atoms with van der Waals surface area (Å²) in [7, 11) is 0. The minimum absolute atomic E-state index is 0.166. The maximum absolute atomic E-state index is 13.7. The Morgan fingerprint density at radius 2 is 2.35 bits per heavy atom. The number of rotatable bonds is 2. The van der Waals surface area contributed by atoms with Crippen molar-refractivity contribution in [3.8, 4) is 0 Å². The first-order valence-corrected chi connectivity index (χ1v) is 6.52. The smallest absolute Gasteiger partial charge is 0.276 e. The number of amides is 1. The fraction of sp³-hybridized carbons (Fsp3) is 0.286. The summed E-state index contributed by atoms with van der Waals surface area (Å²) in [5.74, 6) is -0.164. The van der Waals surface area contributed by atoms with Gasteiger partial charge in [-0.2, -0.15) is 0 Å². The Hall–Kier alpha value is -2.37. The van der Waals surface area contributed by atoms with E-state index in [0.717, 1.165) is 25.1 Å². The zero-order chi connectivity index (χ0) is 14.1. The molecule has 1 aliphatic rings. The standard InChI is InChI=1S/C14H15FN4O/c1-9-3-4-11(10(15)7-9)17-13(20)12-8-19-6-2-5-16-14(19)18-12/h3-4,7-8H,2,5-6H2,1H3,(H,16,18)(H,17,20). The van der Waals surface area contributed by atoms with Crippen LogP contribution in [0.3, 0.4) is 0 Å². The summed E-state index contributed by atoms with van der Waals surface area (Å²) >= 11 is 0. The molecular weight excluding hydrogens is 259 g/mol. The maximum Gasteiger partial charge on any atom is 0.276 e. The van der Waals surface area contributed by atoms with Crippen LogP contribution in [0, 0.1) is 12.7 Å². The number of aromatic nitrogens is 2. The lowest BCUT2D eigenvalue weighted by Crippen LogP contribution is -2.16. The van der Waals surface area contributed by atoms with Gasteiger partial charge in [0.15, 0.2) is 0 Å². The van der Waals surface area contributed by atoms with Crippen LogP contribution in [-0.4, -0.2) is 22.0 Å². The minimum Gasteiger partial charge on any atom is -0.356 e. The van der Waals surface area contributed by atoms with E-state index in [-0.39, 0.29) is 11.4 Å². The van der Waals surface area contributed by atoms with Crippen molar-refractivity contribution in [3.63, 3.8) is 0 Å². The molecule has 2 heterocycles. The normalized spacial score (nSPS) is 13.5. The first-order valence-electron chi connectivity index (χ1n) is 6.52. The lowest BCUT2D eigenvalue weighted by Gasteiger charge is -2.14. The van der Waals surface area contributed by atoms with E-state index in [1.807, 2.05) is 4.57 Å². The number of aryl methyl sites for hydroxylation is 2. The second-order valence-corrected chi connectivity index (χ2v) is 4.86. The topological polar surface area (TPSA) is 59.0 Å². The van der Waals surface area contributed by atoms with Crippen molar-refractivity contribution in [2.75, 3.05) is 17.2 Å². The van der Waals surface area contributed by atoms with Gasteiger partial charge < -0.3 is 15.2 Å². The average molecular weight is 274 g/mol. The number of carbonyl (C=O) groups excluding carboxylic acids is 1. The molecule has 0 saturated heterocycles. The molecule has 1 aromatic heterocycles. The molecule has 6 heteroatoms. The molecule has 0 atom stereocenters. The zero-order valence-electron chi connectivity index (χ0n) is 11.1. The molecule has 2 N–H and O–H groups in total. The third-order valence-electron chi connectivity index (χ3n) is 3.24. The number of nitrogens with one attached hydrogen (secondary N) is 2. The molecule has 0 spiro atoms. The van der Waals surface area contributed by atoms with Gasteiger partial charge in [0, 0.05) is 19.3 Å². The summed E-state index contributed by atoms with van der Waals surface area (Å²) < 4.78 is 15.6. The molecule has 5 nitrogen and oxygen atoms in total. The summed E-state index contributed by atoms with van der Waals surface area (Å²) in [5, 5.41) is 5.66. The summed E-state index contributed by atoms with van der Waals surface area (Å²) in [6.07, 6.45) is 2.68. The predicted octanol–water partition coefficient (Wildman–Crippen LogP) is 2.40. The Morgan fingerprint density at radius 3 is 3.10 bits per heavy atom. The van der Waals surface area contributed by atoms with Crippen LogP contribution < -0.4 is 10.6 Å². The molecule has 3 rings (SSSR count). The molecule has 0 fully saturated rings. The van der Waals surface area contributed by atoms with E-state index < -0.39 is 11.7 Å². The Kier molecular flexibility index (Phi) is 3.14. The van der Waals surface area contributed by atoms with E-state index in [9.17, 15) is 9.18 Å². The van der Waals surface area contributed by atoms with Gasteiger partial charge in [-0.1, -0.05) is 6.07 Å². The van der Waals surface area contributed by atoms with Crippen LogP contribution in [0.25, 0.3) is 0 Å². The van der Waals surface area contributed by atoms with Gasteiger partial charge in [-0.25, -0.2) is 9.37 Å². The lowest BCUT2D eigenvalue weighted by atomic mass is 10.2. The average Bonchev–Trinajstić information content (AvgIpc) is 2.86. The Balaban J connectivity index is 1.80. The van der Waals surface area contributed by atoms with Gasteiger partial charge in [0.25, 0.3) is 5.91 Å². The van der Waals surface area contributed by atoms with E-state index in [2.05, 4.69) is 15.6 Å². The highest BCUT2D eigenvalue weighted by Crippen LogP contribution is 2.18. The number of hydrogen-bond acceptors (Lipinski definition) is 3. The summed E-state index contributed by atoms with van der Waals surface area (Å²) in [5.41, 5.74) is 1.26. The maximum atomic E-state index is 13.7. The van der Waals surface area contributed by atoms with Crippen molar-refractivity contribution in [2.24, 2.45) is 0 Å². The van der Waals surface area contributed by atoms with Gasteiger partial charge in [0.1, 0.15) is 11.5 Å². The molecule has 0 bridgehead atoms. The van der Waals surface area contributed by atoms with E-state index >= 15 is 0 Å². The van der Waals surface area contributed by atoms with Crippen LogP contribution in [0.4, 0.5) is 16.0 Å². The highest BCUT2D eigenvalue weighted by atomic mass is 19.1. The summed E-state index contributed by atoms with van der Waals surface area (Å²) in [4.78, 5) is 16.3. The molecule has 1 aliphatic heterocycles. The Bertz CT molecular complexity index is 642. The molecule has 104 valence electrons. The molecule has 1 amide bonds. The third kappa shape index (κ3) is 2.36. The molecule has 0 aliphatic carbocycles. The number of anilines is 2. The number of carbonyl (C=O) groups is 1. The van der Waals surface area contributed by atoms with Gasteiger partial charge in [-0.3, -0.25) is 4.79 Å². The number of imidazole rings is 1. The first kappa shape index (κ1) is 12.7. The van der Waals surface area contributed by atoms with E-state index in [4.69, 9.17) is 0 Å². The minimum atomic E-state index is -0.444. The highest BCUT2D eigenvalue weighted by molar-refractivity contribution is 6.03. The van der Waals surface area contributed by atoms with Crippen molar-refractivity contribution in [1.29, 1.82) is 0 Å². The van der Waals surface area contributed by atoms with Crippen LogP contribution in [-0.2, 0) is 6.54 Å². The number of benzene rings is 1. The molecule has 1 aromatic carbocycles. The van der Waals surface area contributed by atoms with Crippen LogP contribution in [0.5, 0.6) is 0 Å². The van der Waals surface area contributed by atoms with Crippen molar-refractivity contribution in [3.05, 3.63) is 41.5 Å². The molecular formula is C14H15FN4O. The fourth-order valence-electron chi connectivity index (χ4n) is 2.19. The summed E-state index contributed by atoms with van der Waals surface area (Å²) in [6.45, 7) is 3.48. The lowest BCUT2D eigenvalue weighted by molar-refractivity contribution is 0.102. The third-order valence-corrected chi connectivity index (χ3v) is 3.24. The molecule has 0 unspecified atom stereocenters. The van der Waals surface area contributed by atoms with Gasteiger partial charge >= 0.3 is 0 Å². The predicted molar refractivity (Wildman–Crippen MR) is 74.4 cm³/mol. The number of hydrogen-bond donors (Lipinski definition) is 2. The second-order valence-electron chi connectivity index (χ2n) is 4.86. The second kappa shape index (κ2) is 4.96. The van der Waals surface area contributed by atoms with E-state index in [1.54, 1.807) is 25.3 Å². The van der Waals surface area contributed by atoms with Crippen LogP contribution in [0.2, 0.25) is 0 Å². The van der Waals surface area contributed by atoms with Crippen molar-refractivity contribution < 1.29 is 9.18 Å². The van der Waals surface area contributed by atoms with Crippen molar-refractivity contribution in [1.82, 2.24) is 9.55 Å². The van der Waals surface area contributed by atoms with Crippen molar-refractivity contribution >= 4 is 17.5 Å². The Labute approximate surface area is 115 Å². The number of fused-ring (bicyclic) bond motifs is 1.